The molecule has 0 fully saturated rings. The highest BCUT2D eigenvalue weighted by Gasteiger charge is 2.07. The van der Waals surface area contributed by atoms with Crippen molar-refractivity contribution in [3.8, 4) is 6.07 Å². The van der Waals surface area contributed by atoms with Crippen molar-refractivity contribution in [2.24, 2.45) is 0 Å². The fraction of sp³-hybridized carbons (Fsp3) is 0.917. The summed E-state index contributed by atoms with van der Waals surface area (Å²) < 4.78 is 15.5. The van der Waals surface area contributed by atoms with Crippen molar-refractivity contribution >= 4 is 0 Å². The van der Waals surface area contributed by atoms with Gasteiger partial charge in [0.2, 0.25) is 0 Å². The Labute approximate surface area is 104 Å². The highest BCUT2D eigenvalue weighted by molar-refractivity contribution is 4.78. The highest BCUT2D eigenvalue weighted by Crippen LogP contribution is 1.98. The third kappa shape index (κ3) is 10.2. The molecule has 0 aromatic carbocycles. The lowest BCUT2D eigenvalue weighted by Gasteiger charge is -2.22. The Balaban J connectivity index is 3.25. The summed E-state index contributed by atoms with van der Waals surface area (Å²) in [5, 5.41) is 8.56. The van der Waals surface area contributed by atoms with Crippen LogP contribution in [-0.4, -0.2) is 64.7 Å². The van der Waals surface area contributed by atoms with Gasteiger partial charge in [-0.1, -0.05) is 0 Å². The van der Waals surface area contributed by atoms with Crippen LogP contribution in [0.3, 0.4) is 0 Å². The summed E-state index contributed by atoms with van der Waals surface area (Å²) in [6.45, 7) is 5.97. The molecule has 17 heavy (non-hydrogen) atoms. The van der Waals surface area contributed by atoms with Crippen LogP contribution in [0.4, 0.5) is 0 Å². The minimum atomic E-state index is 0.279. The standard InChI is InChI=1S/C12H24N2O3/c1-12(4-5-13)14(2)6-7-16-10-11-17-9-8-15-3/h12H,4,6-11H2,1-3H3. The molecular weight excluding hydrogens is 220 g/mol. The molecule has 0 saturated heterocycles. The first kappa shape index (κ1) is 16.3. The fourth-order valence-electron chi connectivity index (χ4n) is 1.18. The molecule has 0 heterocycles. The number of nitrogens with zero attached hydrogens (tertiary/aromatic N) is 2. The monoisotopic (exact) mass is 244 g/mol. The largest absolute Gasteiger partial charge is 0.382 e. The van der Waals surface area contributed by atoms with Gasteiger partial charge < -0.3 is 19.1 Å². The second-order valence-corrected chi connectivity index (χ2v) is 3.91. The average molecular weight is 244 g/mol. The van der Waals surface area contributed by atoms with Gasteiger partial charge in [-0.05, 0) is 14.0 Å². The third-order valence-corrected chi connectivity index (χ3v) is 2.53. The second kappa shape index (κ2) is 11.8. The van der Waals surface area contributed by atoms with Crippen molar-refractivity contribution in [1.82, 2.24) is 4.90 Å². The lowest BCUT2D eigenvalue weighted by atomic mass is 10.2. The van der Waals surface area contributed by atoms with Gasteiger partial charge in [0, 0.05) is 19.7 Å². The van der Waals surface area contributed by atoms with Gasteiger partial charge >= 0.3 is 0 Å². The van der Waals surface area contributed by atoms with Gasteiger partial charge in [0.15, 0.2) is 0 Å². The Morgan fingerprint density at radius 3 is 2.29 bits per heavy atom. The van der Waals surface area contributed by atoms with Crippen molar-refractivity contribution in [1.29, 1.82) is 5.26 Å². The quantitative estimate of drug-likeness (QED) is 0.505. The zero-order chi connectivity index (χ0) is 12.9. The molecule has 0 spiro atoms. The van der Waals surface area contributed by atoms with Gasteiger partial charge in [-0.2, -0.15) is 5.26 Å². The number of hydrogen-bond donors (Lipinski definition) is 0. The maximum absolute atomic E-state index is 8.56. The van der Waals surface area contributed by atoms with Crippen molar-refractivity contribution < 1.29 is 14.2 Å². The molecule has 0 radical (unpaired) electrons. The number of nitriles is 1. The Morgan fingerprint density at radius 1 is 1.12 bits per heavy atom. The normalized spacial score (nSPS) is 12.6. The molecule has 0 aliphatic rings. The summed E-state index contributed by atoms with van der Waals surface area (Å²) in [5.74, 6) is 0. The van der Waals surface area contributed by atoms with Crippen molar-refractivity contribution in [2.45, 2.75) is 19.4 Å². The number of hydrogen-bond acceptors (Lipinski definition) is 5. The van der Waals surface area contributed by atoms with Crippen LogP contribution in [0.25, 0.3) is 0 Å². The number of methoxy groups -OCH3 is 1. The first-order chi connectivity index (χ1) is 8.22. The maximum atomic E-state index is 8.56. The molecule has 5 nitrogen and oxygen atoms in total. The first-order valence-electron chi connectivity index (χ1n) is 5.94. The minimum absolute atomic E-state index is 0.279. The van der Waals surface area contributed by atoms with Crippen LogP contribution in [-0.2, 0) is 14.2 Å². The summed E-state index contributed by atoms with van der Waals surface area (Å²) in [7, 11) is 3.65. The van der Waals surface area contributed by atoms with Crippen molar-refractivity contribution in [2.75, 3.05) is 53.7 Å². The van der Waals surface area contributed by atoms with Crippen LogP contribution in [0.2, 0.25) is 0 Å². The first-order valence-corrected chi connectivity index (χ1v) is 5.94. The van der Waals surface area contributed by atoms with Crippen molar-refractivity contribution in [3.63, 3.8) is 0 Å². The van der Waals surface area contributed by atoms with Gasteiger partial charge in [0.05, 0.1) is 45.5 Å². The van der Waals surface area contributed by atoms with E-state index in [0.717, 1.165) is 6.54 Å². The van der Waals surface area contributed by atoms with E-state index in [2.05, 4.69) is 11.0 Å². The molecule has 100 valence electrons. The van der Waals surface area contributed by atoms with E-state index >= 15 is 0 Å². The van der Waals surface area contributed by atoms with Crippen molar-refractivity contribution in [3.05, 3.63) is 0 Å². The number of likely N-dealkylation sites (N-methyl/N-ethyl adjacent to an activating group) is 1. The fourth-order valence-corrected chi connectivity index (χ4v) is 1.18. The predicted octanol–water partition coefficient (Wildman–Crippen LogP) is 0.900. The van der Waals surface area contributed by atoms with Crippen LogP contribution in [0, 0.1) is 11.3 Å². The lowest BCUT2D eigenvalue weighted by molar-refractivity contribution is 0.0191. The lowest BCUT2D eigenvalue weighted by Crippen LogP contribution is -2.32. The summed E-state index contributed by atoms with van der Waals surface area (Å²) in [4.78, 5) is 2.12. The zero-order valence-electron chi connectivity index (χ0n) is 11.1. The van der Waals surface area contributed by atoms with E-state index in [0.29, 0.717) is 39.5 Å². The summed E-state index contributed by atoms with van der Waals surface area (Å²) in [6.07, 6.45) is 0.552. The van der Waals surface area contributed by atoms with E-state index in [1.54, 1.807) is 7.11 Å². The van der Waals surface area contributed by atoms with E-state index in [-0.39, 0.29) is 6.04 Å². The topological polar surface area (TPSA) is 54.7 Å². The van der Waals surface area contributed by atoms with Crippen LogP contribution in [0.5, 0.6) is 0 Å². The molecule has 0 rings (SSSR count). The Morgan fingerprint density at radius 2 is 1.71 bits per heavy atom. The van der Waals surface area contributed by atoms with E-state index in [1.165, 1.54) is 0 Å². The molecule has 1 atom stereocenters. The molecule has 0 aliphatic heterocycles. The Kier molecular flexibility index (Phi) is 11.3. The highest BCUT2D eigenvalue weighted by atomic mass is 16.5. The van der Waals surface area contributed by atoms with Gasteiger partial charge in [0.1, 0.15) is 0 Å². The maximum Gasteiger partial charge on any atom is 0.0701 e. The smallest absolute Gasteiger partial charge is 0.0701 e. The third-order valence-electron chi connectivity index (χ3n) is 2.53. The van der Waals surface area contributed by atoms with Gasteiger partial charge in [0.25, 0.3) is 0 Å². The molecule has 0 aromatic rings. The SMILES string of the molecule is COCCOCCOCCN(C)C(C)CC#N. The molecular formula is C12H24N2O3. The van der Waals surface area contributed by atoms with E-state index in [1.807, 2.05) is 14.0 Å². The molecule has 0 amide bonds. The molecule has 0 saturated carbocycles. The van der Waals surface area contributed by atoms with E-state index in [4.69, 9.17) is 19.5 Å². The molecule has 1 unspecified atom stereocenters. The van der Waals surface area contributed by atoms with Crippen LogP contribution in [0.15, 0.2) is 0 Å². The summed E-state index contributed by atoms with van der Waals surface area (Å²) in [6, 6.07) is 2.44. The van der Waals surface area contributed by atoms with Crippen LogP contribution < -0.4 is 0 Å². The van der Waals surface area contributed by atoms with Gasteiger partial charge in [-0.25, -0.2) is 0 Å². The molecule has 5 heteroatoms. The number of rotatable bonds is 11. The van der Waals surface area contributed by atoms with Crippen LogP contribution in [0.1, 0.15) is 13.3 Å². The number of ether oxygens (including phenoxy) is 3. The van der Waals surface area contributed by atoms with Gasteiger partial charge in [-0.3, -0.25) is 0 Å². The van der Waals surface area contributed by atoms with Crippen LogP contribution >= 0.6 is 0 Å². The summed E-state index contributed by atoms with van der Waals surface area (Å²) >= 11 is 0. The summed E-state index contributed by atoms with van der Waals surface area (Å²) in [5.41, 5.74) is 0. The van der Waals surface area contributed by atoms with Gasteiger partial charge in [-0.15, -0.1) is 0 Å². The Bertz CT molecular complexity index is 206. The van der Waals surface area contributed by atoms with E-state index in [9.17, 15) is 0 Å². The molecule has 0 aliphatic carbocycles. The molecule has 0 N–H and O–H groups in total. The minimum Gasteiger partial charge on any atom is -0.382 e. The second-order valence-electron chi connectivity index (χ2n) is 3.91. The average Bonchev–Trinajstić information content (AvgIpc) is 2.32. The molecule has 0 bridgehead atoms. The zero-order valence-corrected chi connectivity index (χ0v) is 11.1. The Hall–Kier alpha value is -0.670. The predicted molar refractivity (Wildman–Crippen MR) is 65.8 cm³/mol. The molecule has 0 aromatic heterocycles. The van der Waals surface area contributed by atoms with E-state index < -0.39 is 0 Å².